The van der Waals surface area contributed by atoms with Crippen LogP contribution in [0.1, 0.15) is 5.56 Å². The van der Waals surface area contributed by atoms with Crippen molar-refractivity contribution >= 4 is 17.7 Å². The number of aromatic hydroxyl groups is 1. The van der Waals surface area contributed by atoms with Gasteiger partial charge < -0.3 is 24.4 Å². The van der Waals surface area contributed by atoms with E-state index >= 15 is 0 Å². The van der Waals surface area contributed by atoms with E-state index in [9.17, 15) is 9.90 Å². The van der Waals surface area contributed by atoms with Crippen LogP contribution in [0.25, 0.3) is 6.08 Å². The second-order valence-electron chi connectivity index (χ2n) is 6.27. The van der Waals surface area contributed by atoms with E-state index in [1.807, 2.05) is 29.2 Å². The molecule has 1 aliphatic rings. The molecule has 1 amide bonds. The first-order chi connectivity index (χ1) is 13.1. The molecule has 1 N–H and O–H groups in total. The number of methoxy groups -OCH3 is 2. The van der Waals surface area contributed by atoms with E-state index in [0.717, 1.165) is 30.1 Å². The van der Waals surface area contributed by atoms with Crippen molar-refractivity contribution in [3.05, 3.63) is 54.1 Å². The Hall–Kier alpha value is -3.15. The fourth-order valence-corrected chi connectivity index (χ4v) is 3.05. The molecule has 2 aromatic carbocycles. The zero-order valence-electron chi connectivity index (χ0n) is 15.6. The van der Waals surface area contributed by atoms with Gasteiger partial charge in [0, 0.05) is 37.9 Å². The highest BCUT2D eigenvalue weighted by Crippen LogP contribution is 2.26. The predicted octanol–water partition coefficient (Wildman–Crippen LogP) is 2.77. The lowest BCUT2D eigenvalue weighted by Gasteiger charge is -2.35. The zero-order valence-corrected chi connectivity index (χ0v) is 15.6. The van der Waals surface area contributed by atoms with Gasteiger partial charge in [0.1, 0.15) is 5.75 Å². The van der Waals surface area contributed by atoms with E-state index in [4.69, 9.17) is 9.47 Å². The maximum Gasteiger partial charge on any atom is 0.246 e. The Kier molecular flexibility index (Phi) is 5.86. The summed E-state index contributed by atoms with van der Waals surface area (Å²) in [6, 6.07) is 13.0. The lowest BCUT2D eigenvalue weighted by Crippen LogP contribution is -2.48. The third kappa shape index (κ3) is 4.53. The van der Waals surface area contributed by atoms with Crippen molar-refractivity contribution in [2.45, 2.75) is 0 Å². The molecule has 2 aromatic rings. The van der Waals surface area contributed by atoms with Gasteiger partial charge in [-0.3, -0.25) is 4.79 Å². The van der Waals surface area contributed by atoms with Gasteiger partial charge in [-0.1, -0.05) is 6.07 Å². The number of ether oxygens (including phenoxy) is 2. The van der Waals surface area contributed by atoms with Crippen LogP contribution in [0.2, 0.25) is 0 Å². The van der Waals surface area contributed by atoms with E-state index in [2.05, 4.69) is 4.90 Å². The number of carbonyl (C=O) groups excluding carboxylic acids is 1. The van der Waals surface area contributed by atoms with Crippen LogP contribution >= 0.6 is 0 Å². The van der Waals surface area contributed by atoms with Crippen LogP contribution in [0, 0.1) is 0 Å². The van der Waals surface area contributed by atoms with Crippen LogP contribution in [-0.4, -0.2) is 56.3 Å². The number of carbonyl (C=O) groups is 1. The van der Waals surface area contributed by atoms with Gasteiger partial charge in [0.2, 0.25) is 5.91 Å². The average molecular weight is 368 g/mol. The lowest BCUT2D eigenvalue weighted by atomic mass is 10.2. The molecule has 0 saturated carbocycles. The number of hydrogen-bond donors (Lipinski definition) is 1. The molecule has 27 heavy (non-hydrogen) atoms. The summed E-state index contributed by atoms with van der Waals surface area (Å²) in [7, 11) is 3.15. The van der Waals surface area contributed by atoms with E-state index in [1.54, 1.807) is 37.5 Å². The first kappa shape index (κ1) is 18.6. The normalized spacial score (nSPS) is 14.4. The average Bonchev–Trinajstić information content (AvgIpc) is 2.73. The van der Waals surface area contributed by atoms with E-state index in [1.165, 1.54) is 7.11 Å². The Morgan fingerprint density at radius 3 is 2.33 bits per heavy atom. The number of amides is 1. The fourth-order valence-electron chi connectivity index (χ4n) is 3.05. The molecule has 0 aromatic heterocycles. The smallest absolute Gasteiger partial charge is 0.246 e. The monoisotopic (exact) mass is 368 g/mol. The minimum atomic E-state index is -0.0172. The SMILES string of the molecule is COc1ccc(N2CCN(C(=O)/C=C/c3ccc(O)c(OC)c3)CC2)cc1. The van der Waals surface area contributed by atoms with Crippen LogP contribution in [0.15, 0.2) is 48.5 Å². The Morgan fingerprint density at radius 2 is 1.70 bits per heavy atom. The highest BCUT2D eigenvalue weighted by molar-refractivity contribution is 5.92. The summed E-state index contributed by atoms with van der Waals surface area (Å²) in [5.74, 6) is 1.29. The molecule has 0 spiro atoms. The summed E-state index contributed by atoms with van der Waals surface area (Å²) >= 11 is 0. The minimum Gasteiger partial charge on any atom is -0.504 e. The highest BCUT2D eigenvalue weighted by atomic mass is 16.5. The number of nitrogens with zero attached hydrogens (tertiary/aromatic N) is 2. The van der Waals surface area contributed by atoms with Gasteiger partial charge in [-0.15, -0.1) is 0 Å². The Morgan fingerprint density at radius 1 is 1.00 bits per heavy atom. The molecule has 6 nitrogen and oxygen atoms in total. The van der Waals surface area contributed by atoms with Gasteiger partial charge in [0.15, 0.2) is 11.5 Å². The summed E-state index contributed by atoms with van der Waals surface area (Å²) in [5.41, 5.74) is 1.93. The number of anilines is 1. The molecule has 0 bridgehead atoms. The van der Waals surface area contributed by atoms with Crippen LogP contribution in [0.3, 0.4) is 0 Å². The molecule has 3 rings (SSSR count). The van der Waals surface area contributed by atoms with Gasteiger partial charge in [-0.2, -0.15) is 0 Å². The van der Waals surface area contributed by atoms with E-state index < -0.39 is 0 Å². The van der Waals surface area contributed by atoms with Crippen molar-refractivity contribution in [1.29, 1.82) is 0 Å². The van der Waals surface area contributed by atoms with Crippen LogP contribution in [-0.2, 0) is 4.79 Å². The molecule has 0 atom stereocenters. The fraction of sp³-hybridized carbons (Fsp3) is 0.286. The van der Waals surface area contributed by atoms with E-state index in [-0.39, 0.29) is 11.7 Å². The molecular weight excluding hydrogens is 344 g/mol. The molecule has 0 aliphatic carbocycles. The Labute approximate surface area is 159 Å². The second-order valence-corrected chi connectivity index (χ2v) is 6.27. The summed E-state index contributed by atoms with van der Waals surface area (Å²) in [6.45, 7) is 2.93. The maximum atomic E-state index is 12.4. The van der Waals surface area contributed by atoms with E-state index in [0.29, 0.717) is 18.8 Å². The molecule has 0 unspecified atom stereocenters. The largest absolute Gasteiger partial charge is 0.504 e. The first-order valence-corrected chi connectivity index (χ1v) is 8.83. The third-order valence-corrected chi connectivity index (χ3v) is 4.65. The number of benzene rings is 2. The molecule has 1 fully saturated rings. The number of rotatable bonds is 5. The number of phenols is 1. The predicted molar refractivity (Wildman–Crippen MR) is 105 cm³/mol. The molecule has 1 heterocycles. The third-order valence-electron chi connectivity index (χ3n) is 4.65. The zero-order chi connectivity index (χ0) is 19.2. The van der Waals surface area contributed by atoms with Crippen molar-refractivity contribution in [2.24, 2.45) is 0 Å². The standard InChI is InChI=1S/C21H24N2O4/c1-26-18-7-5-17(6-8-18)22-11-13-23(14-12-22)21(25)10-4-16-3-9-19(24)20(15-16)27-2/h3-10,15,24H,11-14H2,1-2H3/b10-4+. The van der Waals surface area contributed by atoms with Gasteiger partial charge in [-0.05, 0) is 48.0 Å². The highest BCUT2D eigenvalue weighted by Gasteiger charge is 2.19. The summed E-state index contributed by atoms with van der Waals surface area (Å²) < 4.78 is 10.3. The van der Waals surface area contributed by atoms with Crippen LogP contribution < -0.4 is 14.4 Å². The van der Waals surface area contributed by atoms with Crippen molar-refractivity contribution in [3.8, 4) is 17.2 Å². The van der Waals surface area contributed by atoms with Crippen LogP contribution in [0.5, 0.6) is 17.2 Å². The summed E-state index contributed by atoms with van der Waals surface area (Å²) in [5, 5.41) is 9.63. The van der Waals surface area contributed by atoms with Crippen LogP contribution in [0.4, 0.5) is 5.69 Å². The quantitative estimate of drug-likeness (QED) is 0.823. The number of piperazine rings is 1. The summed E-state index contributed by atoms with van der Waals surface area (Å²) in [4.78, 5) is 16.5. The molecule has 6 heteroatoms. The Bertz CT molecular complexity index is 809. The maximum absolute atomic E-state index is 12.4. The van der Waals surface area contributed by atoms with Gasteiger partial charge in [-0.25, -0.2) is 0 Å². The molecule has 0 radical (unpaired) electrons. The second kappa shape index (κ2) is 8.49. The first-order valence-electron chi connectivity index (χ1n) is 8.83. The minimum absolute atomic E-state index is 0.0172. The molecule has 142 valence electrons. The van der Waals surface area contributed by atoms with Gasteiger partial charge in [0.05, 0.1) is 14.2 Å². The van der Waals surface area contributed by atoms with Crippen molar-refractivity contribution in [3.63, 3.8) is 0 Å². The number of hydrogen-bond acceptors (Lipinski definition) is 5. The molecule has 1 saturated heterocycles. The Balaban J connectivity index is 1.56. The van der Waals surface area contributed by atoms with Crippen molar-refractivity contribution in [2.75, 3.05) is 45.3 Å². The molecular formula is C21H24N2O4. The lowest BCUT2D eigenvalue weighted by molar-refractivity contribution is -0.126. The molecule has 1 aliphatic heterocycles. The summed E-state index contributed by atoms with van der Waals surface area (Å²) in [6.07, 6.45) is 3.30. The van der Waals surface area contributed by atoms with Gasteiger partial charge >= 0.3 is 0 Å². The van der Waals surface area contributed by atoms with Crippen molar-refractivity contribution in [1.82, 2.24) is 4.90 Å². The topological polar surface area (TPSA) is 62.2 Å². The van der Waals surface area contributed by atoms with Crippen molar-refractivity contribution < 1.29 is 19.4 Å². The van der Waals surface area contributed by atoms with Gasteiger partial charge in [0.25, 0.3) is 0 Å². The number of phenolic OH excluding ortho intramolecular Hbond substituents is 1.